The van der Waals surface area contributed by atoms with Crippen molar-refractivity contribution in [1.82, 2.24) is 10.6 Å². The van der Waals surface area contributed by atoms with Crippen molar-refractivity contribution in [3.05, 3.63) is 64.4 Å². The number of ether oxygens (including phenoxy) is 1. The van der Waals surface area contributed by atoms with E-state index in [2.05, 4.69) is 10.6 Å². The Bertz CT molecular complexity index is 695. The van der Waals surface area contributed by atoms with Gasteiger partial charge in [-0.05, 0) is 43.7 Å². The quantitative estimate of drug-likeness (QED) is 0.854. The number of hydrogen-bond donors (Lipinski definition) is 2. The molecule has 0 unspecified atom stereocenters. The third-order valence-electron chi connectivity index (χ3n) is 4.50. The van der Waals surface area contributed by atoms with Crippen molar-refractivity contribution in [3.63, 3.8) is 0 Å². The first-order valence-corrected chi connectivity index (χ1v) is 8.60. The molecule has 2 atom stereocenters. The van der Waals surface area contributed by atoms with Crippen LogP contribution in [0.15, 0.2) is 42.5 Å². The van der Waals surface area contributed by atoms with Crippen LogP contribution < -0.4 is 15.4 Å². The van der Waals surface area contributed by atoms with Crippen LogP contribution in [0.1, 0.15) is 30.0 Å². The van der Waals surface area contributed by atoms with Crippen molar-refractivity contribution in [1.29, 1.82) is 0 Å². The third-order valence-corrected chi connectivity index (χ3v) is 4.73. The highest BCUT2D eigenvalue weighted by Crippen LogP contribution is 2.27. The molecule has 1 aliphatic rings. The van der Waals surface area contributed by atoms with Gasteiger partial charge in [-0.25, -0.2) is 4.39 Å². The van der Waals surface area contributed by atoms with Gasteiger partial charge in [-0.1, -0.05) is 29.8 Å². The summed E-state index contributed by atoms with van der Waals surface area (Å²) in [7, 11) is 1.65. The Kier molecular flexibility index (Phi) is 5.72. The average Bonchev–Trinajstić information content (AvgIpc) is 2.61. The highest BCUT2D eigenvalue weighted by atomic mass is 35.5. The van der Waals surface area contributed by atoms with Crippen molar-refractivity contribution in [2.24, 2.45) is 0 Å². The zero-order chi connectivity index (χ0) is 16.9. The molecular formula is C19H22ClFN2O. The van der Waals surface area contributed by atoms with Gasteiger partial charge in [0.15, 0.2) is 0 Å². The first-order chi connectivity index (χ1) is 11.7. The van der Waals surface area contributed by atoms with Gasteiger partial charge in [0, 0.05) is 28.7 Å². The van der Waals surface area contributed by atoms with Crippen LogP contribution in [-0.4, -0.2) is 19.7 Å². The molecule has 0 aliphatic carbocycles. The smallest absolute Gasteiger partial charge is 0.128 e. The molecule has 2 N–H and O–H groups in total. The van der Waals surface area contributed by atoms with Crippen LogP contribution in [0.3, 0.4) is 0 Å². The van der Waals surface area contributed by atoms with Gasteiger partial charge in [0.1, 0.15) is 11.6 Å². The minimum Gasteiger partial charge on any atom is -0.496 e. The van der Waals surface area contributed by atoms with Crippen LogP contribution in [0.4, 0.5) is 4.39 Å². The van der Waals surface area contributed by atoms with E-state index in [0.717, 1.165) is 30.7 Å². The maximum Gasteiger partial charge on any atom is 0.128 e. The highest BCUT2D eigenvalue weighted by molar-refractivity contribution is 6.30. The Balaban J connectivity index is 1.75. The summed E-state index contributed by atoms with van der Waals surface area (Å²) in [5.74, 6) is 0.641. The molecule has 2 aromatic carbocycles. The minimum atomic E-state index is -0.163. The second-order valence-electron chi connectivity index (χ2n) is 6.04. The number of benzene rings is 2. The molecule has 5 heteroatoms. The zero-order valence-electron chi connectivity index (χ0n) is 13.7. The molecule has 2 aromatic rings. The topological polar surface area (TPSA) is 33.3 Å². The van der Waals surface area contributed by atoms with Crippen LogP contribution in [0.2, 0.25) is 5.02 Å². The van der Waals surface area contributed by atoms with E-state index >= 15 is 0 Å². The van der Waals surface area contributed by atoms with Crippen molar-refractivity contribution in [2.75, 3.05) is 13.7 Å². The summed E-state index contributed by atoms with van der Waals surface area (Å²) in [6.07, 6.45) is 2.06. The molecule has 0 spiro atoms. The predicted octanol–water partition coefficient (Wildman–Crippen LogP) is 4.07. The average molecular weight is 349 g/mol. The van der Waals surface area contributed by atoms with E-state index in [9.17, 15) is 4.39 Å². The molecule has 0 radical (unpaired) electrons. The van der Waals surface area contributed by atoms with E-state index in [1.54, 1.807) is 13.2 Å². The minimum absolute atomic E-state index is 0.0369. The van der Waals surface area contributed by atoms with E-state index in [1.165, 1.54) is 6.07 Å². The van der Waals surface area contributed by atoms with Gasteiger partial charge in [0.25, 0.3) is 0 Å². The first-order valence-electron chi connectivity index (χ1n) is 8.22. The highest BCUT2D eigenvalue weighted by Gasteiger charge is 2.27. The van der Waals surface area contributed by atoms with Gasteiger partial charge >= 0.3 is 0 Å². The number of nitrogens with one attached hydrogen (secondary N) is 2. The molecular weight excluding hydrogens is 327 g/mol. The number of piperidine rings is 1. The van der Waals surface area contributed by atoms with Gasteiger partial charge < -0.3 is 15.4 Å². The molecule has 1 aliphatic heterocycles. The summed E-state index contributed by atoms with van der Waals surface area (Å²) < 4.78 is 19.6. The lowest BCUT2D eigenvalue weighted by Crippen LogP contribution is -2.46. The van der Waals surface area contributed by atoms with Crippen molar-refractivity contribution >= 4 is 11.6 Å². The second kappa shape index (κ2) is 7.97. The lowest BCUT2D eigenvalue weighted by Gasteiger charge is -2.34. The fraction of sp³-hybridized carbons (Fsp3) is 0.368. The summed E-state index contributed by atoms with van der Waals surface area (Å²) in [5, 5.41) is 7.67. The molecule has 0 aromatic heterocycles. The molecule has 0 bridgehead atoms. The standard InChI is InChI=1S/C19H22ClFN2O/c1-24-18-9-8-14(20)11-13(18)12-23-17-7-4-10-22-19(17)15-5-2-3-6-16(15)21/h2-3,5-6,8-9,11,17,19,22-23H,4,7,10,12H2,1H3/t17-,19-/m0/s1. The first kappa shape index (κ1) is 17.2. The maximum absolute atomic E-state index is 14.2. The number of methoxy groups -OCH3 is 1. The summed E-state index contributed by atoms with van der Waals surface area (Å²) in [4.78, 5) is 0. The number of rotatable bonds is 5. The Morgan fingerprint density at radius 2 is 2.12 bits per heavy atom. The van der Waals surface area contributed by atoms with E-state index in [4.69, 9.17) is 16.3 Å². The van der Waals surface area contributed by atoms with Crippen LogP contribution in [0.25, 0.3) is 0 Å². The molecule has 128 valence electrons. The monoisotopic (exact) mass is 348 g/mol. The lowest BCUT2D eigenvalue weighted by molar-refractivity contribution is 0.297. The number of hydrogen-bond acceptors (Lipinski definition) is 3. The molecule has 3 rings (SSSR count). The van der Waals surface area contributed by atoms with Crippen molar-refractivity contribution < 1.29 is 9.13 Å². The molecule has 0 saturated carbocycles. The Hall–Kier alpha value is -1.62. The molecule has 1 fully saturated rings. The SMILES string of the molecule is COc1ccc(Cl)cc1CN[C@H]1CCCN[C@H]1c1ccccc1F. The Morgan fingerprint density at radius 1 is 1.29 bits per heavy atom. The molecule has 1 saturated heterocycles. The molecule has 24 heavy (non-hydrogen) atoms. The van der Waals surface area contributed by atoms with E-state index in [1.807, 2.05) is 30.3 Å². The zero-order valence-corrected chi connectivity index (χ0v) is 14.4. The normalized spacial score (nSPS) is 20.8. The van der Waals surface area contributed by atoms with Gasteiger partial charge in [0.2, 0.25) is 0 Å². The van der Waals surface area contributed by atoms with E-state index < -0.39 is 0 Å². The van der Waals surface area contributed by atoms with Gasteiger partial charge in [-0.2, -0.15) is 0 Å². The summed E-state index contributed by atoms with van der Waals surface area (Å²) >= 11 is 6.10. The largest absolute Gasteiger partial charge is 0.496 e. The van der Waals surface area contributed by atoms with E-state index in [-0.39, 0.29) is 17.9 Å². The van der Waals surface area contributed by atoms with Crippen molar-refractivity contribution in [2.45, 2.75) is 31.5 Å². The van der Waals surface area contributed by atoms with Crippen LogP contribution in [0.5, 0.6) is 5.75 Å². The van der Waals surface area contributed by atoms with Gasteiger partial charge in [-0.15, -0.1) is 0 Å². The van der Waals surface area contributed by atoms with Crippen LogP contribution in [0, 0.1) is 5.82 Å². The second-order valence-corrected chi connectivity index (χ2v) is 6.48. The van der Waals surface area contributed by atoms with Gasteiger partial charge in [-0.3, -0.25) is 0 Å². The Labute approximate surface area is 147 Å². The fourth-order valence-corrected chi connectivity index (χ4v) is 3.48. The Morgan fingerprint density at radius 3 is 2.92 bits per heavy atom. The predicted molar refractivity (Wildman–Crippen MR) is 95.0 cm³/mol. The van der Waals surface area contributed by atoms with Crippen LogP contribution in [-0.2, 0) is 6.54 Å². The van der Waals surface area contributed by atoms with Crippen molar-refractivity contribution in [3.8, 4) is 5.75 Å². The van der Waals surface area contributed by atoms with Gasteiger partial charge in [0.05, 0.1) is 13.2 Å². The fourth-order valence-electron chi connectivity index (χ4n) is 3.29. The lowest BCUT2D eigenvalue weighted by atomic mass is 9.91. The van der Waals surface area contributed by atoms with Crippen LogP contribution >= 0.6 is 11.6 Å². The molecule has 3 nitrogen and oxygen atoms in total. The summed E-state index contributed by atoms with van der Waals surface area (Å²) in [6, 6.07) is 12.7. The maximum atomic E-state index is 14.2. The molecule has 0 amide bonds. The third kappa shape index (κ3) is 3.89. The molecule has 1 heterocycles. The number of halogens is 2. The summed E-state index contributed by atoms with van der Waals surface area (Å²) in [6.45, 7) is 1.53. The van der Waals surface area contributed by atoms with E-state index in [0.29, 0.717) is 17.1 Å². The summed E-state index contributed by atoms with van der Waals surface area (Å²) in [5.41, 5.74) is 1.72.